The molecule has 37 heavy (non-hydrogen) atoms. The van der Waals surface area contributed by atoms with E-state index in [1.807, 2.05) is 84.2 Å². The quantitative estimate of drug-likeness (QED) is 0.109. The number of rotatable bonds is 9. The monoisotopic (exact) mass is 567 g/mol. The molecule has 0 aromatic carbocycles. The zero-order chi connectivity index (χ0) is 27.7. The van der Waals surface area contributed by atoms with Gasteiger partial charge in [0.05, 0.1) is 34.7 Å². The Morgan fingerprint density at radius 1 is 0.649 bits per heavy atom. The molecule has 1 radical (unpaired) electrons. The number of nitrogens with zero attached hydrogens (tertiary/aromatic N) is 6. The summed E-state index contributed by atoms with van der Waals surface area (Å²) in [6.45, 7) is 7.79. The summed E-state index contributed by atoms with van der Waals surface area (Å²) in [7, 11) is 0. The maximum absolute atomic E-state index is 12.1. The first-order valence-electron chi connectivity index (χ1n) is 10.5. The van der Waals surface area contributed by atoms with Crippen LogP contribution in [0.3, 0.4) is 0 Å². The molecule has 2 heterocycles. The standard InChI is InChI=1S/C22H28N4O2.Cu.2NO3/c1-17(21(19(3)27)25-13-7-5-8-14-25)23-11-12-24-18(2)22(20(4)28)26-15-9-6-10-16-26;;2*2-1(3)4/h5-10,13-16,21-22H,11-12H2,1-4H3;;;/q2*+2;2*-1. The molecule has 203 valence electrons. The third kappa shape index (κ3) is 15.5. The van der Waals surface area contributed by atoms with Crippen LogP contribution in [0, 0.1) is 30.6 Å². The van der Waals surface area contributed by atoms with E-state index in [0.29, 0.717) is 13.1 Å². The Hall–Kier alpha value is -4.10. The van der Waals surface area contributed by atoms with E-state index >= 15 is 0 Å². The molecule has 2 unspecified atom stereocenters. The van der Waals surface area contributed by atoms with Crippen LogP contribution in [0.4, 0.5) is 0 Å². The van der Waals surface area contributed by atoms with Gasteiger partial charge >= 0.3 is 17.1 Å². The predicted octanol–water partition coefficient (Wildman–Crippen LogP) is 1.66. The van der Waals surface area contributed by atoms with Crippen molar-refractivity contribution in [3.05, 3.63) is 91.8 Å². The Morgan fingerprint density at radius 2 is 0.892 bits per heavy atom. The third-order valence-electron chi connectivity index (χ3n) is 4.46. The summed E-state index contributed by atoms with van der Waals surface area (Å²) >= 11 is 0. The van der Waals surface area contributed by atoms with E-state index in [1.165, 1.54) is 0 Å². The molecule has 2 rings (SSSR count). The predicted molar refractivity (Wildman–Crippen MR) is 129 cm³/mol. The molecule has 0 saturated heterocycles. The Labute approximate surface area is 223 Å². The molecule has 0 amide bonds. The maximum atomic E-state index is 12.1. The van der Waals surface area contributed by atoms with E-state index in [9.17, 15) is 9.59 Å². The van der Waals surface area contributed by atoms with E-state index in [-0.39, 0.29) is 28.6 Å². The number of pyridine rings is 2. The summed E-state index contributed by atoms with van der Waals surface area (Å²) in [6, 6.07) is 10.6. The topological polar surface area (TPSA) is 199 Å². The normalized spacial score (nSPS) is 12.2. The van der Waals surface area contributed by atoms with E-state index in [4.69, 9.17) is 30.6 Å². The number of aliphatic imine (C=N–C) groups is 2. The fourth-order valence-electron chi connectivity index (χ4n) is 3.23. The molecule has 0 spiro atoms. The minimum absolute atomic E-state index is 0. The number of carbonyl (C=O) groups excluding carboxylic acids is 2. The van der Waals surface area contributed by atoms with Gasteiger partial charge in [-0.05, 0) is 13.8 Å². The number of aromatic nitrogens is 2. The van der Waals surface area contributed by atoms with Crippen LogP contribution in [0.2, 0.25) is 0 Å². The largest absolute Gasteiger partial charge is 2.00 e. The van der Waals surface area contributed by atoms with E-state index in [0.717, 1.165) is 11.4 Å². The second-order valence-electron chi connectivity index (χ2n) is 7.17. The molecule has 2 atom stereocenters. The van der Waals surface area contributed by atoms with Crippen LogP contribution in [0.15, 0.2) is 71.2 Å². The minimum Gasteiger partial charge on any atom is -0.356 e. The number of hydrogen-bond donors (Lipinski definition) is 0. The van der Waals surface area contributed by atoms with E-state index in [1.54, 1.807) is 13.8 Å². The van der Waals surface area contributed by atoms with Gasteiger partial charge < -0.3 is 30.6 Å². The molecule has 2 aromatic heterocycles. The zero-order valence-electron chi connectivity index (χ0n) is 20.6. The maximum Gasteiger partial charge on any atom is 2.00 e. The van der Waals surface area contributed by atoms with Crippen molar-refractivity contribution < 1.29 is 46.0 Å². The van der Waals surface area contributed by atoms with Crippen LogP contribution in [-0.4, -0.2) is 46.3 Å². The molecule has 0 saturated carbocycles. The van der Waals surface area contributed by atoms with Gasteiger partial charge in [0.2, 0.25) is 11.6 Å². The average molecular weight is 568 g/mol. The molecule has 0 aliphatic heterocycles. The van der Waals surface area contributed by atoms with Crippen LogP contribution in [0.1, 0.15) is 39.8 Å². The number of carbonyl (C=O) groups is 2. The van der Waals surface area contributed by atoms with Crippen molar-refractivity contribution in [2.75, 3.05) is 13.1 Å². The third-order valence-corrected chi connectivity index (χ3v) is 4.46. The van der Waals surface area contributed by atoms with Crippen molar-refractivity contribution in [1.29, 1.82) is 0 Å². The minimum atomic E-state index is -1.75. The summed E-state index contributed by atoms with van der Waals surface area (Å²) in [5.41, 5.74) is 1.49. The van der Waals surface area contributed by atoms with Crippen molar-refractivity contribution in [3.8, 4) is 0 Å². The van der Waals surface area contributed by atoms with Gasteiger partial charge in [-0.15, -0.1) is 0 Å². The van der Waals surface area contributed by atoms with Gasteiger partial charge in [-0.3, -0.25) is 19.6 Å². The second-order valence-corrected chi connectivity index (χ2v) is 7.17. The molecule has 0 fully saturated rings. The smallest absolute Gasteiger partial charge is 0.356 e. The van der Waals surface area contributed by atoms with Crippen molar-refractivity contribution in [2.24, 2.45) is 9.98 Å². The Balaban J connectivity index is 0. The van der Waals surface area contributed by atoms with Crippen LogP contribution >= 0.6 is 0 Å². The van der Waals surface area contributed by atoms with Gasteiger partial charge in [-0.2, -0.15) is 9.13 Å². The van der Waals surface area contributed by atoms with Crippen LogP contribution in [-0.2, 0) is 26.7 Å². The summed E-state index contributed by atoms with van der Waals surface area (Å²) in [5.74, 6) is 0.0727. The summed E-state index contributed by atoms with van der Waals surface area (Å²) in [6.07, 6.45) is 7.45. The van der Waals surface area contributed by atoms with Crippen LogP contribution < -0.4 is 9.13 Å². The van der Waals surface area contributed by atoms with Gasteiger partial charge in [-0.1, -0.05) is 12.1 Å². The summed E-state index contributed by atoms with van der Waals surface area (Å²) in [4.78, 5) is 49.8. The first-order chi connectivity index (χ1) is 16.9. The Morgan fingerprint density at radius 3 is 1.11 bits per heavy atom. The molecular formula is C22H28CuN6O8+2. The van der Waals surface area contributed by atoms with Crippen molar-refractivity contribution in [3.63, 3.8) is 0 Å². The summed E-state index contributed by atoms with van der Waals surface area (Å²) < 4.78 is 3.71. The average Bonchev–Trinajstić information content (AvgIpc) is 2.77. The Kier molecular flexibility index (Phi) is 18.1. The second kappa shape index (κ2) is 19.1. The van der Waals surface area contributed by atoms with Gasteiger partial charge in [0, 0.05) is 38.1 Å². The van der Waals surface area contributed by atoms with E-state index < -0.39 is 22.3 Å². The molecule has 0 aliphatic rings. The molecule has 15 heteroatoms. The fraction of sp³-hybridized carbons (Fsp3) is 0.364. The molecule has 0 N–H and O–H groups in total. The zero-order valence-corrected chi connectivity index (χ0v) is 21.5. The van der Waals surface area contributed by atoms with Crippen LogP contribution in [0.5, 0.6) is 0 Å². The number of hydrogen-bond acceptors (Lipinski definition) is 10. The van der Waals surface area contributed by atoms with Crippen molar-refractivity contribution >= 4 is 23.0 Å². The van der Waals surface area contributed by atoms with Crippen molar-refractivity contribution in [2.45, 2.75) is 39.8 Å². The molecule has 2 aromatic rings. The Bertz CT molecular complexity index is 974. The van der Waals surface area contributed by atoms with Gasteiger partial charge in [0.15, 0.2) is 24.8 Å². The summed E-state index contributed by atoms with van der Waals surface area (Å²) in [5, 5.41) is 29.5. The van der Waals surface area contributed by atoms with Gasteiger partial charge in [0.1, 0.15) is 0 Å². The molecule has 14 nitrogen and oxygen atoms in total. The van der Waals surface area contributed by atoms with Crippen molar-refractivity contribution in [1.82, 2.24) is 0 Å². The van der Waals surface area contributed by atoms with Gasteiger partial charge in [-0.25, -0.2) is 0 Å². The molecule has 0 bridgehead atoms. The van der Waals surface area contributed by atoms with E-state index in [2.05, 4.69) is 9.98 Å². The molecule has 0 aliphatic carbocycles. The number of ketones is 2. The molecular weight excluding hydrogens is 540 g/mol. The van der Waals surface area contributed by atoms with Gasteiger partial charge in [0.25, 0.3) is 12.1 Å². The number of Topliss-reactive ketones (excluding diaryl/α,β-unsaturated/α-hetero) is 2. The SMILES string of the molecule is CC(=O)C(C(C)=NCCN=C(C)C(C(C)=O)[n+]1ccccc1)[n+]1ccccc1.O=[N+]([O-])[O-].O=[N+]([O-])[O-].[Cu+2]. The first kappa shape index (κ1) is 35.1. The first-order valence-corrected chi connectivity index (χ1v) is 10.5. The fourth-order valence-corrected chi connectivity index (χ4v) is 3.23. The van der Waals surface area contributed by atoms with Crippen LogP contribution in [0.25, 0.3) is 0 Å².